The van der Waals surface area contributed by atoms with Gasteiger partial charge in [0.25, 0.3) is 5.56 Å². The van der Waals surface area contributed by atoms with Crippen molar-refractivity contribution in [2.75, 3.05) is 13.6 Å². The van der Waals surface area contributed by atoms with Crippen molar-refractivity contribution in [3.05, 3.63) is 27.2 Å². The maximum absolute atomic E-state index is 12.5. The summed E-state index contributed by atoms with van der Waals surface area (Å²) in [6.45, 7) is 5.72. The Morgan fingerprint density at radius 1 is 1.32 bits per heavy atom. The van der Waals surface area contributed by atoms with Gasteiger partial charge in [-0.2, -0.15) is 10.4 Å². The molecule has 0 saturated carbocycles. The molecule has 1 fully saturated rings. The summed E-state index contributed by atoms with van der Waals surface area (Å²) in [6, 6.07) is 2.61. The minimum absolute atomic E-state index is 0.227. The van der Waals surface area contributed by atoms with Crippen LogP contribution < -0.4 is 5.56 Å². The third-order valence-electron chi connectivity index (χ3n) is 4.74. The van der Waals surface area contributed by atoms with E-state index in [1.54, 1.807) is 0 Å². The molecular formula is C17H26N4O. The van der Waals surface area contributed by atoms with E-state index in [0.29, 0.717) is 19.0 Å². The van der Waals surface area contributed by atoms with E-state index in [9.17, 15) is 10.1 Å². The number of piperidine rings is 1. The fraction of sp³-hybridized carbons (Fsp3) is 0.706. The Hall–Kier alpha value is -1.67. The molecule has 0 spiro atoms. The second-order valence-corrected chi connectivity index (χ2v) is 6.07. The predicted octanol–water partition coefficient (Wildman–Crippen LogP) is 2.11. The molecule has 1 aliphatic heterocycles. The van der Waals surface area contributed by atoms with Crippen molar-refractivity contribution < 1.29 is 0 Å². The minimum atomic E-state index is -0.227. The molecule has 0 bridgehead atoms. The Kier molecular flexibility index (Phi) is 5.73. The molecule has 1 aromatic heterocycles. The van der Waals surface area contributed by atoms with Gasteiger partial charge in [0.05, 0.1) is 5.69 Å². The summed E-state index contributed by atoms with van der Waals surface area (Å²) in [5, 5.41) is 13.8. The lowest BCUT2D eigenvalue weighted by atomic mass is 10.00. The van der Waals surface area contributed by atoms with Crippen molar-refractivity contribution in [2.24, 2.45) is 0 Å². The van der Waals surface area contributed by atoms with Gasteiger partial charge in [0.2, 0.25) is 0 Å². The number of aromatic nitrogens is 2. The predicted molar refractivity (Wildman–Crippen MR) is 86.9 cm³/mol. The van der Waals surface area contributed by atoms with Crippen LogP contribution in [0.15, 0.2) is 4.79 Å². The molecule has 2 rings (SSSR count). The zero-order valence-electron chi connectivity index (χ0n) is 13.9. The topological polar surface area (TPSA) is 61.9 Å². The zero-order chi connectivity index (χ0) is 16.1. The molecule has 1 saturated heterocycles. The molecule has 0 aliphatic carbocycles. The number of hydrogen-bond acceptors (Lipinski definition) is 4. The van der Waals surface area contributed by atoms with Gasteiger partial charge in [-0.1, -0.05) is 20.3 Å². The fourth-order valence-corrected chi connectivity index (χ4v) is 3.37. The van der Waals surface area contributed by atoms with E-state index in [1.165, 1.54) is 23.9 Å². The summed E-state index contributed by atoms with van der Waals surface area (Å²) < 4.78 is 1.51. The highest BCUT2D eigenvalue weighted by Gasteiger charge is 2.20. The largest absolute Gasteiger partial charge is 0.303 e. The highest BCUT2D eigenvalue weighted by Crippen LogP contribution is 2.18. The van der Waals surface area contributed by atoms with Crippen LogP contribution in [0, 0.1) is 11.3 Å². The Balaban J connectivity index is 2.24. The molecule has 5 nitrogen and oxygen atoms in total. The average Bonchev–Trinajstić information content (AvgIpc) is 2.54. The van der Waals surface area contributed by atoms with Gasteiger partial charge in [-0.15, -0.1) is 0 Å². The van der Waals surface area contributed by atoms with E-state index in [0.717, 1.165) is 30.6 Å². The molecule has 1 aliphatic rings. The first-order chi connectivity index (χ1) is 10.6. The third kappa shape index (κ3) is 3.38. The lowest BCUT2D eigenvalue weighted by Gasteiger charge is -2.32. The molecule has 5 heteroatoms. The van der Waals surface area contributed by atoms with Crippen molar-refractivity contribution in [3.8, 4) is 6.07 Å². The normalized spacial score (nSPS) is 19.1. The van der Waals surface area contributed by atoms with Gasteiger partial charge in [0, 0.05) is 12.6 Å². The molecule has 22 heavy (non-hydrogen) atoms. The van der Waals surface area contributed by atoms with Crippen molar-refractivity contribution in [1.29, 1.82) is 5.26 Å². The Morgan fingerprint density at radius 2 is 2.09 bits per heavy atom. The van der Waals surface area contributed by atoms with Crippen LogP contribution in [0.4, 0.5) is 0 Å². The number of hydrogen-bond donors (Lipinski definition) is 0. The van der Waals surface area contributed by atoms with Gasteiger partial charge in [0.1, 0.15) is 11.6 Å². The van der Waals surface area contributed by atoms with Gasteiger partial charge >= 0.3 is 0 Å². The third-order valence-corrected chi connectivity index (χ3v) is 4.74. The van der Waals surface area contributed by atoms with E-state index in [-0.39, 0.29) is 11.1 Å². The molecule has 1 aromatic rings. The highest BCUT2D eigenvalue weighted by atomic mass is 16.1. The van der Waals surface area contributed by atoms with Crippen LogP contribution >= 0.6 is 0 Å². The van der Waals surface area contributed by atoms with Crippen molar-refractivity contribution >= 4 is 0 Å². The maximum atomic E-state index is 12.5. The standard InChI is InChI=1S/C17H26N4O/c1-4-14-15(12-18)17(22)21(19-16(14)5-2)11-9-13-8-6-7-10-20(13)3/h13H,4-11H2,1-3H3. The quantitative estimate of drug-likeness (QED) is 0.836. The van der Waals surface area contributed by atoms with Gasteiger partial charge in [-0.05, 0) is 51.3 Å². The smallest absolute Gasteiger partial charge is 0.284 e. The van der Waals surface area contributed by atoms with Gasteiger partial charge in [-0.3, -0.25) is 4.79 Å². The summed E-state index contributed by atoms with van der Waals surface area (Å²) in [5.74, 6) is 0. The van der Waals surface area contributed by atoms with E-state index < -0.39 is 0 Å². The van der Waals surface area contributed by atoms with Gasteiger partial charge in [-0.25, -0.2) is 4.68 Å². The second kappa shape index (κ2) is 7.55. The summed E-state index contributed by atoms with van der Waals surface area (Å²) in [7, 11) is 2.15. The molecule has 120 valence electrons. The first-order valence-corrected chi connectivity index (χ1v) is 8.35. The molecule has 1 unspecified atom stereocenters. The molecular weight excluding hydrogens is 276 g/mol. The first kappa shape index (κ1) is 16.7. The molecule has 1 atom stereocenters. The van der Waals surface area contributed by atoms with Crippen LogP contribution in [-0.2, 0) is 19.4 Å². The first-order valence-electron chi connectivity index (χ1n) is 8.35. The monoisotopic (exact) mass is 302 g/mol. The lowest BCUT2D eigenvalue weighted by molar-refractivity contribution is 0.169. The summed E-state index contributed by atoms with van der Waals surface area (Å²) >= 11 is 0. The van der Waals surface area contributed by atoms with Crippen molar-refractivity contribution in [3.63, 3.8) is 0 Å². The van der Waals surface area contributed by atoms with Crippen molar-refractivity contribution in [2.45, 2.75) is 65.0 Å². The van der Waals surface area contributed by atoms with Gasteiger partial charge in [0.15, 0.2) is 0 Å². The molecule has 0 amide bonds. The van der Waals surface area contributed by atoms with Crippen molar-refractivity contribution in [1.82, 2.24) is 14.7 Å². The van der Waals surface area contributed by atoms with Crippen LogP contribution in [0.1, 0.15) is 56.4 Å². The summed E-state index contributed by atoms with van der Waals surface area (Å²) in [4.78, 5) is 14.8. The van der Waals surface area contributed by atoms with E-state index in [1.807, 2.05) is 13.8 Å². The SMILES string of the molecule is CCc1nn(CCC2CCCCN2C)c(=O)c(C#N)c1CC. The lowest BCUT2D eigenvalue weighted by Crippen LogP contribution is -2.38. The Bertz CT molecular complexity index is 614. The van der Waals surface area contributed by atoms with Crippen LogP contribution in [0.3, 0.4) is 0 Å². The molecule has 0 N–H and O–H groups in total. The fourth-order valence-electron chi connectivity index (χ4n) is 3.37. The second-order valence-electron chi connectivity index (χ2n) is 6.07. The van der Waals surface area contributed by atoms with Crippen LogP contribution in [-0.4, -0.2) is 34.3 Å². The van der Waals surface area contributed by atoms with E-state index in [4.69, 9.17) is 0 Å². The van der Waals surface area contributed by atoms with E-state index >= 15 is 0 Å². The minimum Gasteiger partial charge on any atom is -0.303 e. The summed E-state index contributed by atoms with van der Waals surface area (Å²) in [6.07, 6.45) is 6.06. The molecule has 0 aromatic carbocycles. The molecule has 2 heterocycles. The number of likely N-dealkylation sites (tertiary alicyclic amines) is 1. The summed E-state index contributed by atoms with van der Waals surface area (Å²) in [5.41, 5.74) is 1.76. The van der Waals surface area contributed by atoms with Crippen LogP contribution in [0.2, 0.25) is 0 Å². The number of aryl methyl sites for hydroxylation is 2. The van der Waals surface area contributed by atoms with Crippen LogP contribution in [0.5, 0.6) is 0 Å². The maximum Gasteiger partial charge on any atom is 0.284 e. The number of rotatable bonds is 5. The van der Waals surface area contributed by atoms with Gasteiger partial charge < -0.3 is 4.90 Å². The number of nitrogens with zero attached hydrogens (tertiary/aromatic N) is 4. The highest BCUT2D eigenvalue weighted by molar-refractivity contribution is 5.37. The Morgan fingerprint density at radius 3 is 2.68 bits per heavy atom. The number of nitriles is 1. The molecule has 0 radical (unpaired) electrons. The van der Waals surface area contributed by atoms with E-state index in [2.05, 4.69) is 23.1 Å². The zero-order valence-corrected chi connectivity index (χ0v) is 13.9. The Labute approximate surface area is 132 Å². The average molecular weight is 302 g/mol. The van der Waals surface area contributed by atoms with Crippen LogP contribution in [0.25, 0.3) is 0 Å².